The molecule has 0 saturated heterocycles. The smallest absolute Gasteiger partial charge is 0.194 e. The van der Waals surface area contributed by atoms with Crippen LogP contribution in [-0.4, -0.2) is 25.1 Å². The molecule has 0 unspecified atom stereocenters. The Morgan fingerprint density at radius 2 is 1.67 bits per heavy atom. The second-order valence-corrected chi connectivity index (χ2v) is 4.19. The highest BCUT2D eigenvalue weighted by molar-refractivity contribution is 6.02. The van der Waals surface area contributed by atoms with Gasteiger partial charge < -0.3 is 9.47 Å². The lowest BCUT2D eigenvalue weighted by molar-refractivity contribution is -0.00261. The summed E-state index contributed by atoms with van der Waals surface area (Å²) in [5, 5.41) is 0. The van der Waals surface area contributed by atoms with Gasteiger partial charge in [-0.3, -0.25) is 4.79 Å². The number of hydrogen-bond donors (Lipinski definition) is 0. The van der Waals surface area contributed by atoms with Crippen LogP contribution in [0.3, 0.4) is 0 Å². The van der Waals surface area contributed by atoms with E-state index in [1.54, 1.807) is 19.2 Å². The summed E-state index contributed by atoms with van der Waals surface area (Å²) in [4.78, 5) is 12.5. The molecule has 100 valence electrons. The first-order valence-corrected chi connectivity index (χ1v) is 6.46. The third-order valence-corrected chi connectivity index (χ3v) is 3.37. The number of ether oxygens (including phenoxy) is 2. The average Bonchev–Trinajstić information content (AvgIpc) is 2.42. The molecule has 0 heterocycles. The molecule has 0 amide bonds. The lowest BCUT2D eigenvalue weighted by Gasteiger charge is -2.28. The van der Waals surface area contributed by atoms with Crippen molar-refractivity contribution >= 4 is 5.78 Å². The van der Waals surface area contributed by atoms with Gasteiger partial charge in [0.25, 0.3) is 0 Å². The molecule has 0 saturated carbocycles. The zero-order valence-corrected chi connectivity index (χ0v) is 11.7. The Balaban J connectivity index is 2.95. The van der Waals surface area contributed by atoms with Crippen molar-refractivity contribution in [2.24, 2.45) is 0 Å². The summed E-state index contributed by atoms with van der Waals surface area (Å²) < 4.78 is 10.8. The third-order valence-electron chi connectivity index (χ3n) is 3.37. The molecule has 3 heteroatoms. The van der Waals surface area contributed by atoms with E-state index in [-0.39, 0.29) is 5.78 Å². The number of carbonyl (C=O) groups is 1. The monoisotopic (exact) mass is 250 g/mol. The fraction of sp³-hybridized carbons (Fsp3) is 0.533. The van der Waals surface area contributed by atoms with Crippen molar-refractivity contribution in [2.75, 3.05) is 13.7 Å². The Labute approximate surface area is 109 Å². The van der Waals surface area contributed by atoms with Crippen LogP contribution in [0.25, 0.3) is 0 Å². The summed E-state index contributed by atoms with van der Waals surface area (Å²) in [5.41, 5.74) is -0.0309. The van der Waals surface area contributed by atoms with Crippen molar-refractivity contribution in [1.29, 1.82) is 0 Å². The van der Waals surface area contributed by atoms with Crippen LogP contribution in [0.4, 0.5) is 0 Å². The summed E-state index contributed by atoms with van der Waals surface area (Å²) in [6, 6.07) is 7.24. The molecule has 0 aliphatic heterocycles. The maximum absolute atomic E-state index is 12.5. The van der Waals surface area contributed by atoms with Crippen LogP contribution in [0.1, 0.15) is 44.0 Å². The minimum atomic E-state index is -0.701. The van der Waals surface area contributed by atoms with Crippen molar-refractivity contribution in [1.82, 2.24) is 0 Å². The van der Waals surface area contributed by atoms with Gasteiger partial charge in [-0.05, 0) is 44.0 Å². The Hall–Kier alpha value is -1.35. The minimum absolute atomic E-state index is 0.0399. The molecule has 1 rings (SSSR count). The summed E-state index contributed by atoms with van der Waals surface area (Å²) in [6.45, 7) is 6.50. The molecule has 1 aromatic carbocycles. The summed E-state index contributed by atoms with van der Waals surface area (Å²) >= 11 is 0. The van der Waals surface area contributed by atoms with Gasteiger partial charge in [0, 0.05) is 12.7 Å². The topological polar surface area (TPSA) is 35.5 Å². The van der Waals surface area contributed by atoms with Gasteiger partial charge in [0.05, 0.1) is 6.61 Å². The van der Waals surface area contributed by atoms with Crippen molar-refractivity contribution in [3.63, 3.8) is 0 Å². The van der Waals surface area contributed by atoms with Gasteiger partial charge in [-0.2, -0.15) is 0 Å². The van der Waals surface area contributed by atoms with Crippen LogP contribution < -0.4 is 4.74 Å². The van der Waals surface area contributed by atoms with Crippen LogP contribution >= 0.6 is 0 Å². The van der Waals surface area contributed by atoms with Gasteiger partial charge in [-0.25, -0.2) is 0 Å². The number of carbonyl (C=O) groups excluding carboxylic acids is 1. The number of methoxy groups -OCH3 is 1. The van der Waals surface area contributed by atoms with Crippen LogP contribution in [0.5, 0.6) is 5.75 Å². The van der Waals surface area contributed by atoms with Crippen LogP contribution in [0.15, 0.2) is 24.3 Å². The largest absolute Gasteiger partial charge is 0.494 e. The Morgan fingerprint density at radius 3 is 2.06 bits per heavy atom. The molecular weight excluding hydrogens is 228 g/mol. The first kappa shape index (κ1) is 14.7. The van der Waals surface area contributed by atoms with E-state index in [4.69, 9.17) is 9.47 Å². The second-order valence-electron chi connectivity index (χ2n) is 4.19. The molecule has 0 aromatic heterocycles. The van der Waals surface area contributed by atoms with E-state index in [0.29, 0.717) is 25.0 Å². The molecule has 0 aliphatic carbocycles. The highest BCUT2D eigenvalue weighted by atomic mass is 16.5. The SMILES string of the molecule is CCOc1ccc(C(=O)C(CC)(CC)OC)cc1. The molecule has 0 bridgehead atoms. The molecular formula is C15H22O3. The molecule has 0 fully saturated rings. The fourth-order valence-corrected chi connectivity index (χ4v) is 2.08. The average molecular weight is 250 g/mol. The predicted octanol–water partition coefficient (Wildman–Crippen LogP) is 3.47. The lowest BCUT2D eigenvalue weighted by atomic mass is 9.87. The lowest BCUT2D eigenvalue weighted by Crippen LogP contribution is -2.39. The molecule has 1 aromatic rings. The van der Waals surface area contributed by atoms with Crippen LogP contribution in [0.2, 0.25) is 0 Å². The predicted molar refractivity (Wildman–Crippen MR) is 72.3 cm³/mol. The second kappa shape index (κ2) is 6.55. The Kier molecular flexibility index (Phi) is 5.35. The molecule has 0 radical (unpaired) electrons. The van der Waals surface area contributed by atoms with Gasteiger partial charge in [0.2, 0.25) is 0 Å². The zero-order chi connectivity index (χ0) is 13.6. The standard InChI is InChI=1S/C15H22O3/c1-5-15(6-2,17-4)14(16)12-8-10-13(11-9-12)18-7-3/h8-11H,5-7H2,1-4H3. The van der Waals surface area contributed by atoms with E-state index in [1.807, 2.05) is 32.9 Å². The van der Waals surface area contributed by atoms with Gasteiger partial charge in [0.1, 0.15) is 11.4 Å². The van der Waals surface area contributed by atoms with E-state index in [1.165, 1.54) is 0 Å². The van der Waals surface area contributed by atoms with Crippen molar-refractivity contribution in [3.05, 3.63) is 29.8 Å². The molecule has 0 spiro atoms. The minimum Gasteiger partial charge on any atom is -0.494 e. The van der Waals surface area contributed by atoms with Gasteiger partial charge >= 0.3 is 0 Å². The Bertz CT molecular complexity index is 369. The van der Waals surface area contributed by atoms with Crippen molar-refractivity contribution in [3.8, 4) is 5.75 Å². The quantitative estimate of drug-likeness (QED) is 0.695. The maximum atomic E-state index is 12.5. The van der Waals surface area contributed by atoms with Gasteiger partial charge in [0.15, 0.2) is 5.78 Å². The highest BCUT2D eigenvalue weighted by Crippen LogP contribution is 2.26. The van der Waals surface area contributed by atoms with E-state index in [0.717, 1.165) is 5.75 Å². The normalized spacial score (nSPS) is 11.3. The maximum Gasteiger partial charge on any atom is 0.194 e. The Morgan fingerprint density at radius 1 is 1.11 bits per heavy atom. The first-order chi connectivity index (χ1) is 8.63. The molecule has 18 heavy (non-hydrogen) atoms. The number of hydrogen-bond acceptors (Lipinski definition) is 3. The van der Waals surface area contributed by atoms with E-state index in [9.17, 15) is 4.79 Å². The molecule has 0 N–H and O–H groups in total. The fourth-order valence-electron chi connectivity index (χ4n) is 2.08. The molecule has 0 atom stereocenters. The van der Waals surface area contributed by atoms with Crippen molar-refractivity contribution < 1.29 is 14.3 Å². The summed E-state index contributed by atoms with van der Waals surface area (Å²) in [7, 11) is 1.60. The number of rotatable bonds is 7. The molecule has 3 nitrogen and oxygen atoms in total. The third kappa shape index (κ3) is 2.91. The number of benzene rings is 1. The highest BCUT2D eigenvalue weighted by Gasteiger charge is 2.35. The van der Waals surface area contributed by atoms with Gasteiger partial charge in [-0.15, -0.1) is 0 Å². The first-order valence-electron chi connectivity index (χ1n) is 6.46. The van der Waals surface area contributed by atoms with Gasteiger partial charge in [-0.1, -0.05) is 13.8 Å². The number of ketones is 1. The van der Waals surface area contributed by atoms with E-state index >= 15 is 0 Å². The van der Waals surface area contributed by atoms with E-state index in [2.05, 4.69) is 0 Å². The van der Waals surface area contributed by atoms with E-state index < -0.39 is 5.60 Å². The van der Waals surface area contributed by atoms with Crippen LogP contribution in [0, 0.1) is 0 Å². The molecule has 0 aliphatic rings. The summed E-state index contributed by atoms with van der Waals surface area (Å²) in [6.07, 6.45) is 1.35. The van der Waals surface area contributed by atoms with Crippen LogP contribution in [-0.2, 0) is 4.74 Å². The number of Topliss-reactive ketones (excluding diaryl/α,β-unsaturated/α-hetero) is 1. The van der Waals surface area contributed by atoms with Crippen molar-refractivity contribution in [2.45, 2.75) is 39.2 Å². The zero-order valence-electron chi connectivity index (χ0n) is 11.7. The summed E-state index contributed by atoms with van der Waals surface area (Å²) in [5.74, 6) is 0.822.